The van der Waals surface area contributed by atoms with Gasteiger partial charge < -0.3 is 29.0 Å². The first-order chi connectivity index (χ1) is 21.3. The van der Waals surface area contributed by atoms with Crippen LogP contribution in [0.4, 0.5) is 5.69 Å². The van der Waals surface area contributed by atoms with Crippen LogP contribution >= 0.6 is 0 Å². The van der Waals surface area contributed by atoms with Crippen LogP contribution in [-0.4, -0.2) is 76.7 Å². The van der Waals surface area contributed by atoms with Crippen LogP contribution in [0, 0.1) is 0 Å². The number of ether oxygens (including phenoxy) is 5. The van der Waals surface area contributed by atoms with Crippen molar-refractivity contribution in [3.8, 4) is 5.75 Å². The number of unbranched alkanes of at least 4 members (excludes halogenated alkanes) is 1. The van der Waals surface area contributed by atoms with E-state index in [-0.39, 0.29) is 11.8 Å². The van der Waals surface area contributed by atoms with Crippen LogP contribution in [0.15, 0.2) is 53.6 Å². The maximum Gasteiger partial charge on any atom is 0.306 e. The molecule has 2 rings (SSSR count). The van der Waals surface area contributed by atoms with Gasteiger partial charge in [-0.05, 0) is 107 Å². The number of hydrogen-bond donors (Lipinski definition) is 1. The van der Waals surface area contributed by atoms with Gasteiger partial charge in [0.15, 0.2) is 5.78 Å². The molecule has 11 heteroatoms. The molecule has 2 aromatic carbocycles. The van der Waals surface area contributed by atoms with Gasteiger partial charge in [-0.2, -0.15) is 0 Å². The minimum absolute atomic E-state index is 0.0523. The molecule has 0 aliphatic heterocycles. The van der Waals surface area contributed by atoms with Gasteiger partial charge in [-0.15, -0.1) is 0 Å². The third kappa shape index (κ3) is 17.5. The minimum atomic E-state index is -0.432. The zero-order chi connectivity index (χ0) is 31.9. The van der Waals surface area contributed by atoms with E-state index in [4.69, 9.17) is 29.2 Å². The number of carbonyl (C=O) groups is 2. The Kier molecular flexibility index (Phi) is 18.3. The number of nitrogens with zero attached hydrogens (tertiary/aromatic N) is 3. The van der Waals surface area contributed by atoms with Gasteiger partial charge in [0.05, 0.1) is 19.8 Å². The highest BCUT2D eigenvalue weighted by Gasteiger charge is 2.15. The molecule has 0 amide bonds. The molecule has 0 atom stereocenters. The van der Waals surface area contributed by atoms with Crippen molar-refractivity contribution in [2.24, 2.45) is 5.11 Å². The summed E-state index contributed by atoms with van der Waals surface area (Å²) in [7, 11) is 0. The topological polar surface area (TPSA) is 141 Å². The summed E-state index contributed by atoms with van der Waals surface area (Å²) in [6, 6.07) is 14.5. The fourth-order valence-electron chi connectivity index (χ4n) is 3.94. The summed E-state index contributed by atoms with van der Waals surface area (Å²) in [5, 5.41) is 6.82. The number of azide groups is 1. The fourth-order valence-corrected chi connectivity index (χ4v) is 3.94. The highest BCUT2D eigenvalue weighted by atomic mass is 16.6. The average Bonchev–Trinajstić information content (AvgIpc) is 3.00. The van der Waals surface area contributed by atoms with Crippen LogP contribution in [0.1, 0.15) is 75.2 Å². The van der Waals surface area contributed by atoms with E-state index in [0.717, 1.165) is 37.9 Å². The van der Waals surface area contributed by atoms with Gasteiger partial charge in [-0.1, -0.05) is 5.11 Å². The lowest BCUT2D eigenvalue weighted by Crippen LogP contribution is -2.23. The molecule has 0 saturated heterocycles. The normalized spacial score (nSPS) is 11.1. The Morgan fingerprint density at radius 1 is 0.750 bits per heavy atom. The number of esters is 1. The quantitative estimate of drug-likeness (QED) is 0.0343. The highest BCUT2D eigenvalue weighted by Crippen LogP contribution is 2.17. The summed E-state index contributed by atoms with van der Waals surface area (Å²) in [5.41, 5.74) is 10.0. The van der Waals surface area contributed by atoms with Crippen molar-refractivity contribution in [3.05, 3.63) is 70.1 Å². The molecule has 2 aromatic rings. The predicted octanol–water partition coefficient (Wildman–Crippen LogP) is 6.75. The van der Waals surface area contributed by atoms with Gasteiger partial charge in [-0.3, -0.25) is 9.59 Å². The highest BCUT2D eigenvalue weighted by molar-refractivity contribution is 6.09. The number of carbonyl (C=O) groups excluding carboxylic acids is 2. The van der Waals surface area contributed by atoms with E-state index in [1.807, 2.05) is 45.0 Å². The Morgan fingerprint density at radius 2 is 1.34 bits per heavy atom. The lowest BCUT2D eigenvalue weighted by atomic mass is 10.0. The van der Waals surface area contributed by atoms with Gasteiger partial charge >= 0.3 is 5.97 Å². The third-order valence-corrected chi connectivity index (χ3v) is 6.08. The molecule has 0 saturated carbocycles. The molecule has 44 heavy (non-hydrogen) atoms. The predicted molar refractivity (Wildman–Crippen MR) is 170 cm³/mol. The summed E-state index contributed by atoms with van der Waals surface area (Å²) >= 11 is 0. The van der Waals surface area contributed by atoms with Crippen molar-refractivity contribution >= 4 is 17.4 Å². The van der Waals surface area contributed by atoms with Gasteiger partial charge in [0.2, 0.25) is 0 Å². The molecule has 0 spiro atoms. The standard InChI is InChI=1S/C33H48N4O7/c1-33(2,3)44-31(38)9-4-5-20-41-25-26-42-23-8-22-40-21-6-18-35-29-14-10-27(11-15-29)32(39)28-12-16-30(17-13-28)43-24-7-19-36-37-34/h10-17,35H,4-9,18-26H2,1-3H3. The van der Waals surface area contributed by atoms with Crippen molar-refractivity contribution in [1.82, 2.24) is 0 Å². The molecule has 0 fully saturated rings. The van der Waals surface area contributed by atoms with Crippen LogP contribution in [0.3, 0.4) is 0 Å². The second-order valence-electron chi connectivity index (χ2n) is 11.1. The summed E-state index contributed by atoms with van der Waals surface area (Å²) in [4.78, 5) is 27.2. The Morgan fingerprint density at radius 3 is 1.98 bits per heavy atom. The number of rotatable bonds is 24. The Bertz CT molecular complexity index is 1130. The second-order valence-corrected chi connectivity index (χ2v) is 11.1. The van der Waals surface area contributed by atoms with E-state index in [9.17, 15) is 9.59 Å². The maximum absolute atomic E-state index is 12.8. The van der Waals surface area contributed by atoms with Crippen molar-refractivity contribution < 1.29 is 33.3 Å². The van der Waals surface area contributed by atoms with E-state index in [1.165, 1.54) is 0 Å². The molecule has 0 aromatic heterocycles. The Labute approximate surface area is 261 Å². The maximum atomic E-state index is 12.8. The Balaban J connectivity index is 1.44. The molecule has 11 nitrogen and oxygen atoms in total. The molecule has 0 aliphatic carbocycles. The van der Waals surface area contributed by atoms with Gasteiger partial charge in [0.25, 0.3) is 0 Å². The molecular formula is C33H48N4O7. The smallest absolute Gasteiger partial charge is 0.306 e. The molecule has 0 heterocycles. The summed E-state index contributed by atoms with van der Waals surface area (Å²) < 4.78 is 27.7. The summed E-state index contributed by atoms with van der Waals surface area (Å²) in [6.45, 7) is 10.8. The van der Waals surface area contributed by atoms with E-state index in [0.29, 0.717) is 82.5 Å². The number of nitrogens with one attached hydrogen (secondary N) is 1. The van der Waals surface area contributed by atoms with Crippen LogP contribution < -0.4 is 10.1 Å². The zero-order valence-electron chi connectivity index (χ0n) is 26.4. The number of anilines is 1. The third-order valence-electron chi connectivity index (χ3n) is 6.08. The molecule has 0 unspecified atom stereocenters. The lowest BCUT2D eigenvalue weighted by Gasteiger charge is -2.19. The molecule has 0 bridgehead atoms. The fraction of sp³-hybridized carbons (Fsp3) is 0.576. The number of hydrogen-bond acceptors (Lipinski definition) is 9. The largest absolute Gasteiger partial charge is 0.494 e. The lowest BCUT2D eigenvalue weighted by molar-refractivity contribution is -0.155. The molecule has 242 valence electrons. The zero-order valence-corrected chi connectivity index (χ0v) is 26.4. The van der Waals surface area contributed by atoms with Crippen LogP contribution in [0.2, 0.25) is 0 Å². The van der Waals surface area contributed by atoms with E-state index in [1.54, 1.807) is 24.3 Å². The average molecular weight is 613 g/mol. The van der Waals surface area contributed by atoms with Gasteiger partial charge in [-0.25, -0.2) is 0 Å². The Hall–Kier alpha value is -3.63. The van der Waals surface area contributed by atoms with E-state index in [2.05, 4.69) is 15.3 Å². The SMILES string of the molecule is CC(C)(C)OC(=O)CCCCOCCOCCCOCCCNc1ccc(C(=O)c2ccc(OCCCN=[N+]=[N-])cc2)cc1. The first-order valence-electron chi connectivity index (χ1n) is 15.4. The van der Waals surface area contributed by atoms with Crippen LogP contribution in [-0.2, 0) is 23.7 Å². The van der Waals surface area contributed by atoms with Crippen molar-refractivity contribution in [1.29, 1.82) is 0 Å². The summed E-state index contributed by atoms with van der Waals surface area (Å²) in [6.07, 6.45) is 4.32. The summed E-state index contributed by atoms with van der Waals surface area (Å²) in [5.74, 6) is 0.453. The van der Waals surface area contributed by atoms with Gasteiger partial charge in [0.1, 0.15) is 11.4 Å². The van der Waals surface area contributed by atoms with Crippen molar-refractivity contribution in [2.45, 2.75) is 64.9 Å². The minimum Gasteiger partial charge on any atom is -0.494 e. The molecule has 0 aliphatic rings. The second kappa shape index (κ2) is 22.0. The molecule has 0 radical (unpaired) electrons. The number of benzene rings is 2. The van der Waals surface area contributed by atoms with E-state index >= 15 is 0 Å². The first-order valence-corrected chi connectivity index (χ1v) is 15.4. The van der Waals surface area contributed by atoms with E-state index < -0.39 is 5.60 Å². The number of ketones is 1. The van der Waals surface area contributed by atoms with Crippen LogP contribution in [0.5, 0.6) is 5.75 Å². The monoisotopic (exact) mass is 612 g/mol. The van der Waals surface area contributed by atoms with Crippen molar-refractivity contribution in [2.75, 3.05) is 64.7 Å². The van der Waals surface area contributed by atoms with Gasteiger partial charge in [0, 0.05) is 67.7 Å². The molecule has 1 N–H and O–H groups in total. The van der Waals surface area contributed by atoms with Crippen molar-refractivity contribution in [3.63, 3.8) is 0 Å². The first kappa shape index (κ1) is 36.6. The van der Waals surface area contributed by atoms with Crippen LogP contribution in [0.25, 0.3) is 10.4 Å². The molecular weight excluding hydrogens is 564 g/mol.